The number of halogens is 1. The van der Waals surface area contributed by atoms with E-state index in [2.05, 4.69) is 11.4 Å². The fraction of sp³-hybridized carbons (Fsp3) is 0.188. The van der Waals surface area contributed by atoms with Crippen molar-refractivity contribution in [1.82, 2.24) is 0 Å². The number of anilines is 1. The molecule has 5 heteroatoms. The summed E-state index contributed by atoms with van der Waals surface area (Å²) in [6, 6.07) is 11.6. The Kier molecular flexibility index (Phi) is 4.62. The van der Waals surface area contributed by atoms with Crippen LogP contribution in [0.1, 0.15) is 11.1 Å². The van der Waals surface area contributed by atoms with Crippen molar-refractivity contribution in [2.24, 2.45) is 0 Å². The summed E-state index contributed by atoms with van der Waals surface area (Å²) in [5.41, 5.74) is 2.06. The molecule has 0 fully saturated rings. The summed E-state index contributed by atoms with van der Waals surface area (Å²) in [4.78, 5) is 0. The molecule has 108 valence electrons. The second-order valence-electron chi connectivity index (χ2n) is 4.34. The summed E-state index contributed by atoms with van der Waals surface area (Å²) in [6.45, 7) is 0.431. The predicted octanol–water partition coefficient (Wildman–Crippen LogP) is 3.33. The summed E-state index contributed by atoms with van der Waals surface area (Å²) in [5.74, 6) is 0.745. The molecule has 0 amide bonds. The van der Waals surface area contributed by atoms with E-state index in [1.165, 1.54) is 19.2 Å². The zero-order valence-electron chi connectivity index (χ0n) is 11.8. The Balaban J connectivity index is 2.22. The van der Waals surface area contributed by atoms with Gasteiger partial charge < -0.3 is 14.8 Å². The highest BCUT2D eigenvalue weighted by Crippen LogP contribution is 2.27. The number of nitrogens with one attached hydrogen (secondary N) is 1. The minimum absolute atomic E-state index is 0.360. The van der Waals surface area contributed by atoms with E-state index in [1.807, 2.05) is 0 Å². The molecule has 0 aliphatic carbocycles. The molecule has 0 saturated heterocycles. The molecule has 0 saturated carbocycles. The van der Waals surface area contributed by atoms with Crippen molar-refractivity contribution in [3.05, 3.63) is 53.3 Å². The first-order chi connectivity index (χ1) is 10.2. The van der Waals surface area contributed by atoms with Gasteiger partial charge in [0.25, 0.3) is 0 Å². The zero-order chi connectivity index (χ0) is 15.2. The molecular weight excluding hydrogens is 271 g/mol. The second kappa shape index (κ2) is 6.62. The maximum Gasteiger partial charge on any atom is 0.144 e. The molecule has 0 atom stereocenters. The molecule has 1 N–H and O–H groups in total. The zero-order valence-corrected chi connectivity index (χ0v) is 11.8. The molecule has 21 heavy (non-hydrogen) atoms. The van der Waals surface area contributed by atoms with Gasteiger partial charge in [-0.2, -0.15) is 5.26 Å². The molecule has 0 unspecified atom stereocenters. The van der Waals surface area contributed by atoms with Crippen LogP contribution in [0.3, 0.4) is 0 Å². The quantitative estimate of drug-likeness (QED) is 0.916. The third-order valence-corrected chi connectivity index (χ3v) is 3.04. The number of rotatable bonds is 5. The Labute approximate surface area is 122 Å². The smallest absolute Gasteiger partial charge is 0.144 e. The van der Waals surface area contributed by atoms with Crippen LogP contribution in [0.2, 0.25) is 0 Å². The van der Waals surface area contributed by atoms with Crippen LogP contribution < -0.4 is 14.8 Å². The number of ether oxygens (including phenoxy) is 2. The van der Waals surface area contributed by atoms with Crippen LogP contribution in [0, 0.1) is 17.1 Å². The van der Waals surface area contributed by atoms with Crippen LogP contribution in [0.4, 0.5) is 10.1 Å². The maximum atomic E-state index is 13.2. The van der Waals surface area contributed by atoms with E-state index in [0.717, 1.165) is 5.56 Å². The van der Waals surface area contributed by atoms with E-state index in [9.17, 15) is 4.39 Å². The van der Waals surface area contributed by atoms with Crippen molar-refractivity contribution >= 4 is 5.69 Å². The van der Waals surface area contributed by atoms with Gasteiger partial charge in [0.05, 0.1) is 31.5 Å². The second-order valence-corrected chi connectivity index (χ2v) is 4.34. The van der Waals surface area contributed by atoms with Crippen LogP contribution in [-0.2, 0) is 6.54 Å². The molecule has 2 rings (SSSR count). The summed E-state index contributed by atoms with van der Waals surface area (Å²) in [6.07, 6.45) is 0. The fourth-order valence-electron chi connectivity index (χ4n) is 1.99. The van der Waals surface area contributed by atoms with Crippen molar-refractivity contribution in [3.63, 3.8) is 0 Å². The molecule has 0 aliphatic heterocycles. The summed E-state index contributed by atoms with van der Waals surface area (Å²) in [7, 11) is 3.06. The van der Waals surface area contributed by atoms with Crippen LogP contribution in [0.5, 0.6) is 11.5 Å². The first kappa shape index (κ1) is 14.7. The minimum Gasteiger partial charge on any atom is -0.496 e. The Morgan fingerprint density at radius 3 is 2.52 bits per heavy atom. The highest BCUT2D eigenvalue weighted by Gasteiger charge is 2.08. The average molecular weight is 286 g/mol. The van der Waals surface area contributed by atoms with Gasteiger partial charge in [0.2, 0.25) is 0 Å². The summed E-state index contributed by atoms with van der Waals surface area (Å²) in [5, 5.41) is 12.1. The van der Waals surface area contributed by atoms with Crippen molar-refractivity contribution < 1.29 is 13.9 Å². The summed E-state index contributed by atoms with van der Waals surface area (Å²) >= 11 is 0. The standard InChI is InChI=1S/C16H15FN2O2/c1-20-15-6-3-11(9-18)7-12(15)10-19-14-5-4-13(17)8-16(14)21-2/h3-8,19H,10H2,1-2H3. The third kappa shape index (κ3) is 3.42. The lowest BCUT2D eigenvalue weighted by Gasteiger charge is -2.13. The number of hydrogen-bond donors (Lipinski definition) is 1. The lowest BCUT2D eigenvalue weighted by molar-refractivity contribution is 0.409. The number of methoxy groups -OCH3 is 2. The molecule has 4 nitrogen and oxygen atoms in total. The molecule has 0 aliphatic rings. The summed E-state index contributed by atoms with van der Waals surface area (Å²) < 4.78 is 23.5. The Hall–Kier alpha value is -2.74. The largest absolute Gasteiger partial charge is 0.496 e. The van der Waals surface area contributed by atoms with Gasteiger partial charge in [0.15, 0.2) is 0 Å². The van der Waals surface area contributed by atoms with Gasteiger partial charge in [-0.15, -0.1) is 0 Å². The maximum absolute atomic E-state index is 13.2. The number of nitrogens with zero attached hydrogens (tertiary/aromatic N) is 1. The topological polar surface area (TPSA) is 54.3 Å². The van der Waals surface area contributed by atoms with Crippen LogP contribution in [0.15, 0.2) is 36.4 Å². The number of benzene rings is 2. The van der Waals surface area contributed by atoms with Crippen molar-refractivity contribution in [1.29, 1.82) is 5.26 Å². The number of hydrogen-bond acceptors (Lipinski definition) is 4. The van der Waals surface area contributed by atoms with E-state index in [-0.39, 0.29) is 5.82 Å². The van der Waals surface area contributed by atoms with Gasteiger partial charge in [0.1, 0.15) is 17.3 Å². The molecule has 0 radical (unpaired) electrons. The van der Waals surface area contributed by atoms with Gasteiger partial charge in [-0.1, -0.05) is 0 Å². The van der Waals surface area contributed by atoms with E-state index in [1.54, 1.807) is 31.4 Å². The first-order valence-corrected chi connectivity index (χ1v) is 6.32. The average Bonchev–Trinajstić information content (AvgIpc) is 2.53. The lowest BCUT2D eigenvalue weighted by atomic mass is 10.1. The molecule has 2 aromatic rings. The Bertz CT molecular complexity index is 680. The van der Waals surface area contributed by atoms with Gasteiger partial charge in [0, 0.05) is 18.2 Å². The van der Waals surface area contributed by atoms with Gasteiger partial charge >= 0.3 is 0 Å². The molecule has 2 aromatic carbocycles. The highest BCUT2D eigenvalue weighted by molar-refractivity contribution is 5.57. The first-order valence-electron chi connectivity index (χ1n) is 6.32. The van der Waals surface area contributed by atoms with Crippen molar-refractivity contribution in [2.75, 3.05) is 19.5 Å². The Morgan fingerprint density at radius 1 is 1.10 bits per heavy atom. The van der Waals surface area contributed by atoms with Crippen LogP contribution in [0.25, 0.3) is 0 Å². The fourth-order valence-corrected chi connectivity index (χ4v) is 1.99. The minimum atomic E-state index is -0.360. The van der Waals surface area contributed by atoms with E-state index >= 15 is 0 Å². The molecule has 0 spiro atoms. The van der Waals surface area contributed by atoms with Gasteiger partial charge in [-0.3, -0.25) is 0 Å². The molecule has 0 heterocycles. The number of nitriles is 1. The Morgan fingerprint density at radius 2 is 1.86 bits per heavy atom. The van der Waals surface area contributed by atoms with E-state index < -0.39 is 0 Å². The van der Waals surface area contributed by atoms with Gasteiger partial charge in [-0.25, -0.2) is 4.39 Å². The van der Waals surface area contributed by atoms with Gasteiger partial charge in [-0.05, 0) is 30.3 Å². The van der Waals surface area contributed by atoms with Crippen LogP contribution >= 0.6 is 0 Å². The normalized spacial score (nSPS) is 9.81. The SMILES string of the molecule is COc1ccc(C#N)cc1CNc1ccc(F)cc1OC. The highest BCUT2D eigenvalue weighted by atomic mass is 19.1. The lowest BCUT2D eigenvalue weighted by Crippen LogP contribution is -2.04. The van der Waals surface area contributed by atoms with Crippen molar-refractivity contribution in [3.8, 4) is 17.6 Å². The van der Waals surface area contributed by atoms with Crippen LogP contribution in [-0.4, -0.2) is 14.2 Å². The predicted molar refractivity (Wildman–Crippen MR) is 78.0 cm³/mol. The molecule has 0 aromatic heterocycles. The molecular formula is C16H15FN2O2. The van der Waals surface area contributed by atoms with E-state index in [0.29, 0.717) is 29.3 Å². The third-order valence-electron chi connectivity index (χ3n) is 3.04. The van der Waals surface area contributed by atoms with E-state index in [4.69, 9.17) is 14.7 Å². The monoisotopic (exact) mass is 286 g/mol. The van der Waals surface area contributed by atoms with Crippen molar-refractivity contribution in [2.45, 2.75) is 6.54 Å². The molecule has 0 bridgehead atoms.